The summed E-state index contributed by atoms with van der Waals surface area (Å²) in [6.45, 7) is 5.54. The van der Waals surface area contributed by atoms with Crippen molar-refractivity contribution in [2.24, 2.45) is 0 Å². The number of aliphatic hydroxyl groups is 1. The fourth-order valence-electron chi connectivity index (χ4n) is 3.28. The number of aromatic nitrogens is 3. The van der Waals surface area contributed by atoms with Crippen LogP contribution in [0.15, 0.2) is 30.5 Å². The molecule has 0 spiro atoms. The van der Waals surface area contributed by atoms with Crippen LogP contribution in [0, 0.1) is 13.8 Å². The highest BCUT2D eigenvalue weighted by Gasteiger charge is 2.34. The first-order valence-corrected chi connectivity index (χ1v) is 8.61. The molecule has 1 amide bonds. The Balaban J connectivity index is 1.56. The molecule has 2 aromatic heterocycles. The summed E-state index contributed by atoms with van der Waals surface area (Å²) in [6.07, 6.45) is 3.27. The summed E-state index contributed by atoms with van der Waals surface area (Å²) in [7, 11) is 0. The predicted octanol–water partition coefficient (Wildman–Crippen LogP) is 1.04. The average Bonchev–Trinajstić information content (AvgIpc) is 2.91. The number of carbonyl (C=O) groups excluding carboxylic acids is 1. The van der Waals surface area contributed by atoms with Gasteiger partial charge in [0.25, 0.3) is 0 Å². The van der Waals surface area contributed by atoms with E-state index in [-0.39, 0.29) is 19.0 Å². The lowest BCUT2D eigenvalue weighted by Crippen LogP contribution is -2.54. The first-order valence-electron chi connectivity index (χ1n) is 8.61. The number of nitrogens with zero attached hydrogens (tertiary/aromatic N) is 4. The smallest absolute Gasteiger partial charge is 0.241 e. The summed E-state index contributed by atoms with van der Waals surface area (Å²) in [5, 5.41) is 18.0. The summed E-state index contributed by atoms with van der Waals surface area (Å²) >= 11 is 0. The van der Waals surface area contributed by atoms with Gasteiger partial charge in [0, 0.05) is 31.5 Å². The summed E-state index contributed by atoms with van der Waals surface area (Å²) in [4.78, 5) is 18.6. The highest BCUT2D eigenvalue weighted by atomic mass is 16.3. The molecule has 25 heavy (non-hydrogen) atoms. The van der Waals surface area contributed by atoms with Crippen molar-refractivity contribution in [2.75, 3.05) is 24.5 Å². The lowest BCUT2D eigenvalue weighted by Gasteiger charge is -2.39. The molecule has 0 aliphatic carbocycles. The highest BCUT2D eigenvalue weighted by Crippen LogP contribution is 2.24. The molecule has 3 heterocycles. The van der Waals surface area contributed by atoms with E-state index in [0.717, 1.165) is 30.2 Å². The maximum Gasteiger partial charge on any atom is 0.241 e. The van der Waals surface area contributed by atoms with E-state index in [2.05, 4.69) is 20.3 Å². The first kappa shape index (κ1) is 17.4. The number of hydrogen-bond donors (Lipinski definition) is 2. The van der Waals surface area contributed by atoms with Gasteiger partial charge in [-0.15, -0.1) is 0 Å². The number of pyridine rings is 1. The second-order valence-electron chi connectivity index (χ2n) is 6.80. The van der Waals surface area contributed by atoms with Crippen molar-refractivity contribution < 1.29 is 9.90 Å². The Hall–Kier alpha value is -2.41. The molecule has 7 nitrogen and oxygen atoms in total. The van der Waals surface area contributed by atoms with Gasteiger partial charge in [-0.3, -0.25) is 9.48 Å². The zero-order chi connectivity index (χ0) is 17.9. The third-order valence-corrected chi connectivity index (χ3v) is 4.54. The standard InChI is InChI=1S/C18H25N5O2/c1-14-10-15(2)23(21-14)11-17(24)20-12-18(25)7-5-9-22(13-18)16-6-3-4-8-19-16/h3-4,6,8,10,25H,5,7,9,11-13H2,1-2H3,(H,20,24). The van der Waals surface area contributed by atoms with Crippen molar-refractivity contribution in [3.8, 4) is 0 Å². The maximum absolute atomic E-state index is 12.2. The Morgan fingerprint density at radius 3 is 2.92 bits per heavy atom. The van der Waals surface area contributed by atoms with E-state index in [9.17, 15) is 9.90 Å². The summed E-state index contributed by atoms with van der Waals surface area (Å²) in [5.41, 5.74) is 0.896. The second kappa shape index (κ2) is 7.23. The van der Waals surface area contributed by atoms with Gasteiger partial charge in [0.1, 0.15) is 12.4 Å². The Morgan fingerprint density at radius 1 is 1.40 bits per heavy atom. The van der Waals surface area contributed by atoms with E-state index in [1.165, 1.54) is 0 Å². The molecule has 134 valence electrons. The molecule has 0 radical (unpaired) electrons. The van der Waals surface area contributed by atoms with Gasteiger partial charge in [-0.05, 0) is 44.9 Å². The summed E-state index contributed by atoms with van der Waals surface area (Å²) in [5.74, 6) is 0.712. The molecule has 0 saturated carbocycles. The molecular formula is C18H25N5O2. The van der Waals surface area contributed by atoms with Crippen LogP contribution in [0.1, 0.15) is 24.2 Å². The molecule has 1 aliphatic rings. The number of β-amino-alcohol motifs (C(OH)–C–C–N with tert-alkyl or cyclic N) is 1. The molecule has 2 aromatic rings. The molecular weight excluding hydrogens is 318 g/mol. The molecule has 1 unspecified atom stereocenters. The van der Waals surface area contributed by atoms with Gasteiger partial charge < -0.3 is 15.3 Å². The quantitative estimate of drug-likeness (QED) is 0.848. The number of hydrogen-bond acceptors (Lipinski definition) is 5. The van der Waals surface area contributed by atoms with Crippen LogP contribution in [-0.4, -0.2) is 51.0 Å². The lowest BCUT2D eigenvalue weighted by atomic mass is 9.92. The lowest BCUT2D eigenvalue weighted by molar-refractivity contribution is -0.123. The number of rotatable bonds is 5. The van der Waals surface area contributed by atoms with Crippen LogP contribution in [0.5, 0.6) is 0 Å². The molecule has 0 bridgehead atoms. The minimum atomic E-state index is -0.944. The van der Waals surface area contributed by atoms with Crippen LogP contribution in [0.4, 0.5) is 5.82 Å². The Bertz CT molecular complexity index is 730. The van der Waals surface area contributed by atoms with Crippen LogP contribution in [0.25, 0.3) is 0 Å². The van der Waals surface area contributed by atoms with E-state index in [1.54, 1.807) is 10.9 Å². The van der Waals surface area contributed by atoms with Crippen molar-refractivity contribution in [3.63, 3.8) is 0 Å². The van der Waals surface area contributed by atoms with Gasteiger partial charge in [0.2, 0.25) is 5.91 Å². The largest absolute Gasteiger partial charge is 0.386 e. The number of piperidine rings is 1. The third kappa shape index (κ3) is 4.36. The number of amides is 1. The van der Waals surface area contributed by atoms with Gasteiger partial charge in [-0.1, -0.05) is 6.07 Å². The monoisotopic (exact) mass is 343 g/mol. The molecule has 0 aromatic carbocycles. The first-order chi connectivity index (χ1) is 12.0. The van der Waals surface area contributed by atoms with Crippen molar-refractivity contribution in [2.45, 2.75) is 38.8 Å². The fraction of sp³-hybridized carbons (Fsp3) is 0.500. The van der Waals surface area contributed by atoms with Gasteiger partial charge in [-0.25, -0.2) is 4.98 Å². The van der Waals surface area contributed by atoms with Gasteiger partial charge in [0.05, 0.1) is 11.3 Å². The van der Waals surface area contributed by atoms with Crippen LogP contribution in [-0.2, 0) is 11.3 Å². The number of aryl methyl sites for hydroxylation is 2. The molecule has 1 saturated heterocycles. The Kier molecular flexibility index (Phi) is 5.03. The number of carbonyl (C=O) groups is 1. The second-order valence-corrected chi connectivity index (χ2v) is 6.80. The minimum Gasteiger partial charge on any atom is -0.386 e. The molecule has 3 rings (SSSR count). The zero-order valence-corrected chi connectivity index (χ0v) is 14.8. The summed E-state index contributed by atoms with van der Waals surface area (Å²) in [6, 6.07) is 7.69. The van der Waals surface area contributed by atoms with Crippen LogP contribution < -0.4 is 10.2 Å². The topological polar surface area (TPSA) is 83.3 Å². The van der Waals surface area contributed by atoms with Crippen LogP contribution in [0.2, 0.25) is 0 Å². The van der Waals surface area contributed by atoms with Crippen LogP contribution >= 0.6 is 0 Å². The van der Waals surface area contributed by atoms with Crippen molar-refractivity contribution in [1.82, 2.24) is 20.1 Å². The van der Waals surface area contributed by atoms with Crippen molar-refractivity contribution in [3.05, 3.63) is 41.9 Å². The third-order valence-electron chi connectivity index (χ3n) is 4.54. The minimum absolute atomic E-state index is 0.144. The van der Waals surface area contributed by atoms with Gasteiger partial charge in [-0.2, -0.15) is 5.10 Å². The van der Waals surface area contributed by atoms with E-state index < -0.39 is 5.60 Å². The Morgan fingerprint density at radius 2 is 2.24 bits per heavy atom. The molecule has 2 N–H and O–H groups in total. The molecule has 7 heteroatoms. The fourth-order valence-corrected chi connectivity index (χ4v) is 3.28. The van der Waals surface area contributed by atoms with E-state index in [0.29, 0.717) is 13.0 Å². The van der Waals surface area contributed by atoms with Gasteiger partial charge in [0.15, 0.2) is 0 Å². The molecule has 1 atom stereocenters. The number of nitrogens with one attached hydrogen (secondary N) is 1. The van der Waals surface area contributed by atoms with Crippen molar-refractivity contribution >= 4 is 11.7 Å². The molecule has 1 aliphatic heterocycles. The normalized spacial score (nSPS) is 20.5. The van der Waals surface area contributed by atoms with Gasteiger partial charge >= 0.3 is 0 Å². The van der Waals surface area contributed by atoms with Crippen LogP contribution in [0.3, 0.4) is 0 Å². The van der Waals surface area contributed by atoms with E-state index >= 15 is 0 Å². The molecule has 1 fully saturated rings. The Labute approximate surface area is 147 Å². The average molecular weight is 343 g/mol. The predicted molar refractivity (Wildman–Crippen MR) is 95.3 cm³/mol. The van der Waals surface area contributed by atoms with E-state index in [4.69, 9.17) is 0 Å². The van der Waals surface area contributed by atoms with E-state index in [1.807, 2.05) is 38.1 Å². The SMILES string of the molecule is Cc1cc(C)n(CC(=O)NCC2(O)CCCN(c3ccccn3)C2)n1. The summed E-state index contributed by atoms with van der Waals surface area (Å²) < 4.78 is 1.68. The highest BCUT2D eigenvalue weighted by molar-refractivity contribution is 5.75. The zero-order valence-electron chi connectivity index (χ0n) is 14.8. The number of anilines is 1. The maximum atomic E-state index is 12.2. The van der Waals surface area contributed by atoms with Crippen molar-refractivity contribution in [1.29, 1.82) is 0 Å².